The van der Waals surface area contributed by atoms with Crippen LogP contribution in [0.4, 0.5) is 43.9 Å². The van der Waals surface area contributed by atoms with Crippen molar-refractivity contribution < 1.29 is 36.3 Å². The zero-order chi connectivity index (χ0) is 29.3. The number of alkyl halides is 3. The molecular formula is C27H19ClF5N5O3. The third-order valence-electron chi connectivity index (χ3n) is 6.22. The van der Waals surface area contributed by atoms with Crippen molar-refractivity contribution in [2.75, 3.05) is 41.8 Å². The summed E-state index contributed by atoms with van der Waals surface area (Å²) >= 11 is 5.58. The van der Waals surface area contributed by atoms with Gasteiger partial charge in [0.2, 0.25) is 0 Å². The van der Waals surface area contributed by atoms with Crippen molar-refractivity contribution >= 4 is 51.6 Å². The van der Waals surface area contributed by atoms with Gasteiger partial charge in [0.05, 0.1) is 52.3 Å². The first kappa shape index (κ1) is 28.2. The van der Waals surface area contributed by atoms with E-state index in [1.54, 1.807) is 6.20 Å². The second-order valence-electron chi connectivity index (χ2n) is 8.92. The molecule has 8 nitrogen and oxygen atoms in total. The number of ether oxygens (including phenoxy) is 1. The molecule has 212 valence electrons. The van der Waals surface area contributed by atoms with Crippen LogP contribution in [0.3, 0.4) is 0 Å². The molecule has 2 amide bonds. The summed E-state index contributed by atoms with van der Waals surface area (Å²) in [6.45, 7) is 2.25. The highest BCUT2D eigenvalue weighted by Gasteiger charge is 2.33. The summed E-state index contributed by atoms with van der Waals surface area (Å²) in [5.41, 5.74) is -2.27. The Hall–Kier alpha value is -4.36. The Bertz CT molecular complexity index is 1660. The summed E-state index contributed by atoms with van der Waals surface area (Å²) in [5, 5.41) is 3.63. The van der Waals surface area contributed by atoms with Gasteiger partial charge in [-0.1, -0.05) is 11.6 Å². The van der Waals surface area contributed by atoms with Crippen molar-refractivity contribution in [2.24, 2.45) is 0 Å². The van der Waals surface area contributed by atoms with Crippen LogP contribution in [0.5, 0.6) is 0 Å². The molecule has 2 heterocycles. The van der Waals surface area contributed by atoms with Gasteiger partial charge in [-0.05, 0) is 48.5 Å². The van der Waals surface area contributed by atoms with Gasteiger partial charge in [-0.15, -0.1) is 0 Å². The average molecular weight is 592 g/mol. The van der Waals surface area contributed by atoms with Crippen molar-refractivity contribution in [2.45, 2.75) is 6.18 Å². The number of aromatic nitrogens is 2. The van der Waals surface area contributed by atoms with Gasteiger partial charge in [0.15, 0.2) is 11.6 Å². The lowest BCUT2D eigenvalue weighted by molar-refractivity contribution is -0.137. The number of hydrogen-bond acceptors (Lipinski definition) is 6. The van der Waals surface area contributed by atoms with Crippen LogP contribution in [0.1, 0.15) is 21.5 Å². The van der Waals surface area contributed by atoms with Gasteiger partial charge >= 0.3 is 12.2 Å². The maximum Gasteiger partial charge on any atom is 0.417 e. The minimum atomic E-state index is -4.78. The number of halogens is 6. The van der Waals surface area contributed by atoms with Gasteiger partial charge in [-0.3, -0.25) is 9.78 Å². The molecule has 1 saturated heterocycles. The van der Waals surface area contributed by atoms with E-state index in [1.165, 1.54) is 18.2 Å². The number of benzene rings is 3. The number of amides is 2. The molecule has 0 radical (unpaired) electrons. The van der Waals surface area contributed by atoms with Crippen LogP contribution in [-0.2, 0) is 10.9 Å². The number of fused-ring (bicyclic) bond motifs is 1. The van der Waals surface area contributed by atoms with E-state index >= 15 is 4.39 Å². The van der Waals surface area contributed by atoms with Crippen LogP contribution < -0.4 is 15.5 Å². The molecule has 1 aliphatic rings. The maximum atomic E-state index is 15.3. The van der Waals surface area contributed by atoms with Crippen LogP contribution >= 0.6 is 11.6 Å². The number of anilines is 3. The van der Waals surface area contributed by atoms with Gasteiger partial charge in [-0.2, -0.15) is 13.2 Å². The Labute approximate surface area is 234 Å². The van der Waals surface area contributed by atoms with Crippen LogP contribution in [0.15, 0.2) is 54.7 Å². The molecule has 41 heavy (non-hydrogen) atoms. The van der Waals surface area contributed by atoms with Crippen LogP contribution in [0.25, 0.3) is 11.0 Å². The highest BCUT2D eigenvalue weighted by molar-refractivity contribution is 6.31. The highest BCUT2D eigenvalue weighted by atomic mass is 35.5. The summed E-state index contributed by atoms with van der Waals surface area (Å²) in [6.07, 6.45) is -3.19. The van der Waals surface area contributed by atoms with E-state index in [4.69, 9.17) is 16.3 Å². The molecule has 0 aliphatic carbocycles. The van der Waals surface area contributed by atoms with Gasteiger partial charge < -0.3 is 20.3 Å². The van der Waals surface area contributed by atoms with Gasteiger partial charge in [0.1, 0.15) is 11.6 Å². The lowest BCUT2D eigenvalue weighted by Crippen LogP contribution is -2.36. The lowest BCUT2D eigenvalue weighted by Gasteiger charge is -2.27. The molecule has 0 bridgehead atoms. The molecule has 0 unspecified atom stereocenters. The second kappa shape index (κ2) is 11.3. The normalized spacial score (nSPS) is 13.8. The van der Waals surface area contributed by atoms with Crippen molar-refractivity contribution in [1.29, 1.82) is 0 Å². The molecule has 14 heteroatoms. The Kier molecular flexibility index (Phi) is 7.74. The summed E-state index contributed by atoms with van der Waals surface area (Å²) in [7, 11) is 0. The molecule has 5 rings (SSSR count). The minimum absolute atomic E-state index is 0.0776. The fourth-order valence-electron chi connectivity index (χ4n) is 4.19. The van der Waals surface area contributed by atoms with Crippen LogP contribution in [0, 0.1) is 11.6 Å². The summed E-state index contributed by atoms with van der Waals surface area (Å²) in [6, 6.07) is 7.37. The molecule has 1 aromatic heterocycles. The molecule has 3 aromatic carbocycles. The first-order chi connectivity index (χ1) is 19.5. The fraction of sp³-hybridized carbons (Fsp3) is 0.185. The Morgan fingerprint density at radius 1 is 0.951 bits per heavy atom. The molecule has 4 aromatic rings. The van der Waals surface area contributed by atoms with Crippen molar-refractivity contribution in [3.8, 4) is 0 Å². The third kappa shape index (κ3) is 6.05. The van der Waals surface area contributed by atoms with Crippen molar-refractivity contribution in [1.82, 2.24) is 9.97 Å². The summed E-state index contributed by atoms with van der Waals surface area (Å²) < 4.78 is 74.7. The van der Waals surface area contributed by atoms with Gasteiger partial charge in [0, 0.05) is 24.3 Å². The minimum Gasteiger partial charge on any atom is -0.378 e. The maximum absolute atomic E-state index is 15.3. The average Bonchev–Trinajstić information content (AvgIpc) is 2.95. The Morgan fingerprint density at radius 3 is 2.44 bits per heavy atom. The molecule has 2 N–H and O–H groups in total. The van der Waals surface area contributed by atoms with E-state index in [2.05, 4.69) is 20.6 Å². The Morgan fingerprint density at radius 2 is 1.71 bits per heavy atom. The molecular weight excluding hydrogens is 573 g/mol. The topological polar surface area (TPSA) is 96.5 Å². The largest absolute Gasteiger partial charge is 0.417 e. The van der Waals surface area contributed by atoms with E-state index in [-0.39, 0.29) is 11.3 Å². The van der Waals surface area contributed by atoms with Crippen LogP contribution in [0.2, 0.25) is 5.02 Å². The number of ketones is 1. The monoisotopic (exact) mass is 591 g/mol. The number of morpholine rings is 1. The zero-order valence-electron chi connectivity index (χ0n) is 20.9. The van der Waals surface area contributed by atoms with Gasteiger partial charge in [0.25, 0.3) is 0 Å². The quantitative estimate of drug-likeness (QED) is 0.209. The van der Waals surface area contributed by atoms with E-state index in [9.17, 15) is 27.2 Å². The number of nitrogens with one attached hydrogen (secondary N) is 2. The number of nitrogens with zero attached hydrogens (tertiary/aromatic N) is 3. The molecule has 1 fully saturated rings. The smallest absolute Gasteiger partial charge is 0.378 e. The number of hydrogen-bond donors (Lipinski definition) is 2. The molecule has 0 saturated carbocycles. The highest BCUT2D eigenvalue weighted by Crippen LogP contribution is 2.36. The Balaban J connectivity index is 1.38. The van der Waals surface area contributed by atoms with E-state index in [1.807, 2.05) is 4.90 Å². The van der Waals surface area contributed by atoms with Crippen LogP contribution in [-0.4, -0.2) is 48.1 Å². The predicted octanol–water partition coefficient (Wildman–Crippen LogP) is 6.29. The van der Waals surface area contributed by atoms with E-state index in [0.717, 1.165) is 24.3 Å². The number of carbonyl (C=O) groups excluding carboxylic acids is 2. The number of carbonyl (C=O) groups is 2. The molecule has 0 atom stereocenters. The molecule has 1 aliphatic heterocycles. The fourth-order valence-corrected chi connectivity index (χ4v) is 4.42. The summed E-state index contributed by atoms with van der Waals surface area (Å²) in [4.78, 5) is 36.4. The third-order valence-corrected chi connectivity index (χ3v) is 6.55. The number of urea groups is 1. The standard InChI is InChI=1S/C27H19ClF5N5O3/c28-17-3-2-15(12-16(17)27(31,32)33)35-26(40)37-20-6-4-18(29)23(24(20)30)25(39)14-1-5-19-21(11-14)36-22(13-34-19)38-7-9-41-10-8-38/h1-6,11-13H,7-10H2,(H2,35,37,40). The predicted molar refractivity (Wildman–Crippen MR) is 141 cm³/mol. The van der Waals surface area contributed by atoms with Gasteiger partial charge in [-0.25, -0.2) is 18.6 Å². The zero-order valence-corrected chi connectivity index (χ0v) is 21.6. The first-order valence-corrected chi connectivity index (χ1v) is 12.5. The SMILES string of the molecule is O=C(Nc1ccc(Cl)c(C(F)(F)F)c1)Nc1ccc(F)c(C(=O)c2ccc3ncc(N4CCOCC4)nc3c2)c1F. The second-order valence-corrected chi connectivity index (χ2v) is 9.32. The van der Waals surface area contributed by atoms with E-state index in [0.29, 0.717) is 49.2 Å². The lowest BCUT2D eigenvalue weighted by atomic mass is 10.0. The van der Waals surface area contributed by atoms with Crippen molar-refractivity contribution in [3.05, 3.63) is 88.1 Å². The van der Waals surface area contributed by atoms with Crippen molar-refractivity contribution in [3.63, 3.8) is 0 Å². The molecule has 0 spiro atoms. The van der Waals surface area contributed by atoms with E-state index < -0.39 is 51.5 Å². The summed E-state index contributed by atoms with van der Waals surface area (Å²) in [5.74, 6) is -3.01. The number of rotatable bonds is 5. The first-order valence-electron chi connectivity index (χ1n) is 12.1.